The van der Waals surface area contributed by atoms with Crippen LogP contribution in [0.5, 0.6) is 0 Å². The van der Waals surface area contributed by atoms with E-state index in [0.717, 1.165) is 0 Å². The Kier molecular flexibility index (Phi) is 3.85. The molecule has 1 atom stereocenters. The molecule has 1 heterocycles. The van der Waals surface area contributed by atoms with Crippen LogP contribution < -0.4 is 5.73 Å². The molecule has 0 aliphatic carbocycles. The maximum atomic E-state index is 12.6. The van der Waals surface area contributed by atoms with Crippen LogP contribution in [0.2, 0.25) is 0 Å². The minimum atomic E-state index is -4.75. The number of hydrogen-bond donors (Lipinski definition) is 1. The number of hydrogen-bond acceptors (Lipinski definition) is 3. The van der Waals surface area contributed by atoms with Gasteiger partial charge in [0.1, 0.15) is 0 Å². The molecule has 0 amide bonds. The van der Waals surface area contributed by atoms with Gasteiger partial charge < -0.3 is 5.73 Å². The third kappa shape index (κ3) is 2.72. The largest absolute Gasteiger partial charge is 0.413 e. The van der Waals surface area contributed by atoms with Crippen LogP contribution in [0.25, 0.3) is 0 Å². The number of carbonyl (C=O) groups excluding carboxylic acids is 1. The molecule has 0 radical (unpaired) electrons. The summed E-state index contributed by atoms with van der Waals surface area (Å²) in [6, 6.07) is 1.59. The van der Waals surface area contributed by atoms with Crippen LogP contribution in [0.3, 0.4) is 0 Å². The minimum absolute atomic E-state index is 0.374. The van der Waals surface area contributed by atoms with E-state index < -0.39 is 17.5 Å². The number of aryl methyl sites for hydroxylation is 2. The highest BCUT2D eigenvalue weighted by Crippen LogP contribution is 2.29. The summed E-state index contributed by atoms with van der Waals surface area (Å²) >= 11 is 0. The van der Waals surface area contributed by atoms with E-state index in [1.165, 1.54) is 4.68 Å². The molecule has 102 valence electrons. The lowest BCUT2D eigenvalue weighted by Crippen LogP contribution is -2.57. The molecular weight excluding hydrogens is 247 g/mol. The van der Waals surface area contributed by atoms with Gasteiger partial charge in [0.25, 0.3) is 0 Å². The monoisotopic (exact) mass is 263 g/mol. The van der Waals surface area contributed by atoms with Crippen molar-refractivity contribution < 1.29 is 18.0 Å². The fourth-order valence-electron chi connectivity index (χ4n) is 1.52. The summed E-state index contributed by atoms with van der Waals surface area (Å²) in [7, 11) is 0. The summed E-state index contributed by atoms with van der Waals surface area (Å²) in [5.74, 6) is -1.07. The molecule has 4 nitrogen and oxygen atoms in total. The minimum Gasteiger partial charge on any atom is -0.312 e. The maximum absolute atomic E-state index is 12.6. The smallest absolute Gasteiger partial charge is 0.312 e. The van der Waals surface area contributed by atoms with Crippen molar-refractivity contribution in [1.29, 1.82) is 0 Å². The van der Waals surface area contributed by atoms with Crippen LogP contribution in [0.1, 0.15) is 25.2 Å². The van der Waals surface area contributed by atoms with Crippen LogP contribution in [-0.4, -0.2) is 27.3 Å². The second-order valence-corrected chi connectivity index (χ2v) is 4.39. The van der Waals surface area contributed by atoms with Crippen molar-refractivity contribution in [2.75, 3.05) is 0 Å². The molecule has 1 unspecified atom stereocenters. The molecule has 1 aromatic rings. The average molecular weight is 263 g/mol. The van der Waals surface area contributed by atoms with Crippen molar-refractivity contribution in [2.45, 2.75) is 45.5 Å². The first-order valence-electron chi connectivity index (χ1n) is 5.51. The predicted octanol–water partition coefficient (Wildman–Crippen LogP) is 1.60. The average Bonchev–Trinajstić information content (AvgIpc) is 2.56. The van der Waals surface area contributed by atoms with Gasteiger partial charge >= 0.3 is 6.18 Å². The molecule has 1 rings (SSSR count). The van der Waals surface area contributed by atoms with E-state index in [2.05, 4.69) is 5.10 Å². The van der Waals surface area contributed by atoms with Gasteiger partial charge in [-0.1, -0.05) is 0 Å². The molecule has 0 aromatic carbocycles. The fraction of sp³-hybridized carbons (Fsp3) is 0.636. The van der Waals surface area contributed by atoms with E-state index in [0.29, 0.717) is 24.9 Å². The summed E-state index contributed by atoms with van der Waals surface area (Å²) in [5.41, 5.74) is 3.35. The SMILES string of the molecule is CCn1nc(C)cc1CC(=O)C(C)(N)C(F)(F)F. The Morgan fingerprint density at radius 3 is 2.50 bits per heavy atom. The second-order valence-electron chi connectivity index (χ2n) is 4.39. The quantitative estimate of drug-likeness (QED) is 0.897. The van der Waals surface area contributed by atoms with E-state index in [1.807, 2.05) is 0 Å². The zero-order valence-corrected chi connectivity index (χ0v) is 10.5. The lowest BCUT2D eigenvalue weighted by Gasteiger charge is -2.25. The summed E-state index contributed by atoms with van der Waals surface area (Å²) < 4.78 is 39.3. The molecule has 0 saturated heterocycles. The Balaban J connectivity index is 2.94. The van der Waals surface area contributed by atoms with Crippen LogP contribution in [0, 0.1) is 6.92 Å². The van der Waals surface area contributed by atoms with Gasteiger partial charge in [0.2, 0.25) is 0 Å². The normalized spacial score (nSPS) is 15.5. The molecule has 2 N–H and O–H groups in total. The molecule has 0 fully saturated rings. The standard InChI is InChI=1S/C11H16F3N3O/c1-4-17-8(5-7(2)16-17)6-9(18)10(3,15)11(12,13)14/h5H,4,6,15H2,1-3H3. The van der Waals surface area contributed by atoms with Crippen LogP contribution in [0.15, 0.2) is 6.07 Å². The zero-order chi connectivity index (χ0) is 14.1. The Morgan fingerprint density at radius 2 is 2.06 bits per heavy atom. The van der Waals surface area contributed by atoms with Gasteiger partial charge in [-0.2, -0.15) is 18.3 Å². The molecule has 0 saturated carbocycles. The Bertz CT molecular complexity index is 449. The number of aromatic nitrogens is 2. The topological polar surface area (TPSA) is 60.9 Å². The van der Waals surface area contributed by atoms with Crippen LogP contribution in [0.4, 0.5) is 13.2 Å². The van der Waals surface area contributed by atoms with Crippen molar-refractivity contribution in [1.82, 2.24) is 9.78 Å². The summed E-state index contributed by atoms with van der Waals surface area (Å²) in [5, 5.41) is 4.07. The molecule has 0 aliphatic heterocycles. The Labute approximate surface area is 103 Å². The van der Waals surface area contributed by atoms with Gasteiger partial charge in [0, 0.05) is 12.2 Å². The summed E-state index contributed by atoms with van der Waals surface area (Å²) in [6.45, 7) is 4.69. The number of carbonyl (C=O) groups is 1. The first-order valence-corrected chi connectivity index (χ1v) is 5.51. The van der Waals surface area contributed by atoms with Gasteiger partial charge in [0.05, 0.1) is 12.1 Å². The third-order valence-corrected chi connectivity index (χ3v) is 2.79. The number of ketones is 1. The van der Waals surface area contributed by atoms with Gasteiger partial charge in [-0.15, -0.1) is 0 Å². The lowest BCUT2D eigenvalue weighted by atomic mass is 9.93. The number of halogens is 3. The van der Waals surface area contributed by atoms with Crippen LogP contribution in [-0.2, 0) is 17.8 Å². The van der Waals surface area contributed by atoms with Gasteiger partial charge in [0.15, 0.2) is 11.3 Å². The molecule has 0 aliphatic rings. The first-order chi connectivity index (χ1) is 8.09. The maximum Gasteiger partial charge on any atom is 0.413 e. The van der Waals surface area contributed by atoms with Crippen molar-refractivity contribution in [2.24, 2.45) is 5.73 Å². The van der Waals surface area contributed by atoms with Crippen molar-refractivity contribution >= 4 is 5.78 Å². The van der Waals surface area contributed by atoms with Crippen molar-refractivity contribution in [3.8, 4) is 0 Å². The molecular formula is C11H16F3N3O. The first kappa shape index (κ1) is 14.7. The number of nitrogens with zero attached hydrogens (tertiary/aromatic N) is 2. The van der Waals surface area contributed by atoms with E-state index in [4.69, 9.17) is 5.73 Å². The molecule has 7 heteroatoms. The molecule has 0 bridgehead atoms. The number of rotatable bonds is 4. The molecule has 18 heavy (non-hydrogen) atoms. The van der Waals surface area contributed by atoms with Crippen LogP contribution >= 0.6 is 0 Å². The molecule has 1 aromatic heterocycles. The predicted molar refractivity (Wildman–Crippen MR) is 60.0 cm³/mol. The van der Waals surface area contributed by atoms with E-state index in [9.17, 15) is 18.0 Å². The lowest BCUT2D eigenvalue weighted by molar-refractivity contribution is -0.185. The van der Waals surface area contributed by atoms with Crippen molar-refractivity contribution in [3.63, 3.8) is 0 Å². The highest BCUT2D eigenvalue weighted by molar-refractivity contribution is 5.90. The highest BCUT2D eigenvalue weighted by Gasteiger charge is 2.53. The number of alkyl halides is 3. The Morgan fingerprint density at radius 1 is 1.50 bits per heavy atom. The highest BCUT2D eigenvalue weighted by atomic mass is 19.4. The van der Waals surface area contributed by atoms with Gasteiger partial charge in [-0.25, -0.2) is 0 Å². The van der Waals surface area contributed by atoms with E-state index >= 15 is 0 Å². The van der Waals surface area contributed by atoms with Crippen molar-refractivity contribution in [3.05, 3.63) is 17.5 Å². The van der Waals surface area contributed by atoms with E-state index in [-0.39, 0.29) is 6.42 Å². The van der Waals surface area contributed by atoms with Gasteiger partial charge in [-0.05, 0) is 26.8 Å². The Hall–Kier alpha value is -1.37. The summed E-state index contributed by atoms with van der Waals surface area (Å²) in [6.07, 6.45) is -5.13. The number of Topliss-reactive ketones (excluding diaryl/α,β-unsaturated/α-hetero) is 1. The van der Waals surface area contributed by atoms with Gasteiger partial charge in [-0.3, -0.25) is 9.48 Å². The van der Waals surface area contributed by atoms with E-state index in [1.54, 1.807) is 19.9 Å². The fourth-order valence-corrected chi connectivity index (χ4v) is 1.52. The second kappa shape index (κ2) is 4.72. The number of nitrogens with two attached hydrogens (primary N) is 1. The third-order valence-electron chi connectivity index (χ3n) is 2.79. The molecule has 0 spiro atoms. The zero-order valence-electron chi connectivity index (χ0n) is 10.5. The summed E-state index contributed by atoms with van der Waals surface area (Å²) in [4.78, 5) is 11.7.